The van der Waals surface area contributed by atoms with E-state index < -0.39 is 17.5 Å². The fraction of sp³-hybridized carbons (Fsp3) is 0.182. The Morgan fingerprint density at radius 3 is 2.63 bits per heavy atom. The number of alkyl halides is 2. The SMILES string of the molecule is Cc1cc(OC(F)F)cc(/C=C/C(=O)O)c1[N+](=O)[O-]. The first-order valence-corrected chi connectivity index (χ1v) is 4.96. The summed E-state index contributed by atoms with van der Waals surface area (Å²) in [6, 6.07) is 2.07. The van der Waals surface area contributed by atoms with Crippen LogP contribution < -0.4 is 4.74 Å². The summed E-state index contributed by atoms with van der Waals surface area (Å²) in [6.07, 6.45) is 1.62. The van der Waals surface area contributed by atoms with Crippen molar-refractivity contribution in [3.63, 3.8) is 0 Å². The molecule has 0 fully saturated rings. The number of ether oxygens (including phenoxy) is 1. The van der Waals surface area contributed by atoms with Crippen LogP contribution >= 0.6 is 0 Å². The van der Waals surface area contributed by atoms with Crippen LogP contribution in [0.1, 0.15) is 11.1 Å². The number of carbonyl (C=O) groups is 1. The average Bonchev–Trinajstić information content (AvgIpc) is 2.23. The fourth-order valence-electron chi connectivity index (χ4n) is 1.48. The number of carboxylic acids is 1. The monoisotopic (exact) mass is 273 g/mol. The maximum Gasteiger partial charge on any atom is 0.387 e. The van der Waals surface area contributed by atoms with E-state index in [1.54, 1.807) is 0 Å². The Balaban J connectivity index is 3.32. The van der Waals surface area contributed by atoms with Gasteiger partial charge in [-0.05, 0) is 25.1 Å². The van der Waals surface area contributed by atoms with Gasteiger partial charge in [0.25, 0.3) is 5.69 Å². The summed E-state index contributed by atoms with van der Waals surface area (Å²) in [6.45, 7) is -1.73. The highest BCUT2D eigenvalue weighted by molar-refractivity contribution is 5.86. The van der Waals surface area contributed by atoms with Gasteiger partial charge in [-0.25, -0.2) is 4.79 Å². The first-order chi connectivity index (χ1) is 8.81. The molecule has 0 saturated carbocycles. The lowest BCUT2D eigenvalue weighted by Crippen LogP contribution is -2.04. The Kier molecular flexibility index (Phi) is 4.51. The molecule has 0 heterocycles. The van der Waals surface area contributed by atoms with Gasteiger partial charge in [-0.15, -0.1) is 0 Å². The number of aliphatic carboxylic acids is 1. The third kappa shape index (κ3) is 4.02. The van der Waals surface area contributed by atoms with Gasteiger partial charge in [-0.3, -0.25) is 10.1 Å². The maximum atomic E-state index is 12.1. The second-order valence-electron chi connectivity index (χ2n) is 3.49. The lowest BCUT2D eigenvalue weighted by atomic mass is 10.1. The number of halogens is 2. The predicted molar refractivity (Wildman–Crippen MR) is 61.1 cm³/mol. The van der Waals surface area contributed by atoms with Crippen molar-refractivity contribution in [3.8, 4) is 5.75 Å². The van der Waals surface area contributed by atoms with E-state index in [1.165, 1.54) is 6.92 Å². The zero-order chi connectivity index (χ0) is 14.6. The van der Waals surface area contributed by atoms with Crippen LogP contribution in [-0.4, -0.2) is 22.6 Å². The Labute approximate surface area is 106 Å². The van der Waals surface area contributed by atoms with Gasteiger partial charge in [-0.2, -0.15) is 8.78 Å². The van der Waals surface area contributed by atoms with E-state index in [-0.39, 0.29) is 22.6 Å². The maximum absolute atomic E-state index is 12.1. The quantitative estimate of drug-likeness (QED) is 0.506. The molecule has 0 aliphatic carbocycles. The van der Waals surface area contributed by atoms with Crippen LogP contribution in [0.4, 0.5) is 14.5 Å². The molecule has 0 aromatic heterocycles. The van der Waals surface area contributed by atoms with Gasteiger partial charge < -0.3 is 9.84 Å². The summed E-state index contributed by atoms with van der Waals surface area (Å²) in [5, 5.41) is 19.3. The van der Waals surface area contributed by atoms with Crippen LogP contribution in [0.15, 0.2) is 18.2 Å². The van der Waals surface area contributed by atoms with E-state index in [0.717, 1.165) is 18.2 Å². The molecule has 1 N–H and O–H groups in total. The molecule has 1 aromatic carbocycles. The number of benzene rings is 1. The third-order valence-corrected chi connectivity index (χ3v) is 2.12. The highest BCUT2D eigenvalue weighted by Crippen LogP contribution is 2.30. The van der Waals surface area contributed by atoms with E-state index in [9.17, 15) is 23.7 Å². The lowest BCUT2D eigenvalue weighted by Gasteiger charge is -2.08. The van der Waals surface area contributed by atoms with Crippen molar-refractivity contribution in [2.75, 3.05) is 0 Å². The van der Waals surface area contributed by atoms with Crippen LogP contribution in [0.5, 0.6) is 5.75 Å². The highest BCUT2D eigenvalue weighted by atomic mass is 19.3. The van der Waals surface area contributed by atoms with Crippen molar-refractivity contribution in [2.45, 2.75) is 13.5 Å². The summed E-state index contributed by atoms with van der Waals surface area (Å²) in [5.74, 6) is -1.59. The standard InChI is InChI=1S/C11H9F2NO5/c1-6-4-8(19-11(12)13)5-7(2-3-9(15)16)10(6)14(17)18/h2-5,11H,1H3,(H,15,16)/b3-2+. The molecule has 1 rings (SSSR count). The van der Waals surface area contributed by atoms with Crippen LogP contribution in [0.2, 0.25) is 0 Å². The van der Waals surface area contributed by atoms with Gasteiger partial charge in [0, 0.05) is 11.6 Å². The Morgan fingerprint density at radius 2 is 2.16 bits per heavy atom. The van der Waals surface area contributed by atoms with Crippen molar-refractivity contribution < 1.29 is 28.3 Å². The van der Waals surface area contributed by atoms with Gasteiger partial charge >= 0.3 is 12.6 Å². The van der Waals surface area contributed by atoms with E-state index in [2.05, 4.69) is 4.74 Å². The van der Waals surface area contributed by atoms with Gasteiger partial charge in [0.15, 0.2) is 0 Å². The normalized spacial score (nSPS) is 10.9. The van der Waals surface area contributed by atoms with Gasteiger partial charge in [0.1, 0.15) is 5.75 Å². The molecule has 0 radical (unpaired) electrons. The minimum absolute atomic E-state index is 0.0909. The van der Waals surface area contributed by atoms with E-state index in [4.69, 9.17) is 5.11 Å². The van der Waals surface area contributed by atoms with Crippen molar-refractivity contribution in [2.24, 2.45) is 0 Å². The number of nitro benzene ring substituents is 1. The van der Waals surface area contributed by atoms with Crippen LogP contribution in [0, 0.1) is 17.0 Å². The molecule has 0 saturated heterocycles. The number of aryl methyl sites for hydroxylation is 1. The summed E-state index contributed by atoms with van der Waals surface area (Å²) in [5.41, 5.74) is -0.393. The largest absolute Gasteiger partial charge is 0.478 e. The Hall–Kier alpha value is -2.51. The number of nitro groups is 1. The number of nitrogens with zero attached hydrogens (tertiary/aromatic N) is 1. The molecular formula is C11H9F2NO5. The molecule has 19 heavy (non-hydrogen) atoms. The molecule has 0 amide bonds. The first-order valence-electron chi connectivity index (χ1n) is 4.96. The zero-order valence-corrected chi connectivity index (χ0v) is 9.67. The molecule has 1 aromatic rings. The van der Waals surface area contributed by atoms with E-state index in [0.29, 0.717) is 6.08 Å². The second kappa shape index (κ2) is 5.89. The first kappa shape index (κ1) is 14.6. The van der Waals surface area contributed by atoms with Crippen LogP contribution in [0.3, 0.4) is 0 Å². The van der Waals surface area contributed by atoms with Gasteiger partial charge in [0.05, 0.1) is 10.5 Å². The minimum atomic E-state index is -3.07. The topological polar surface area (TPSA) is 89.7 Å². The molecule has 0 aliphatic heterocycles. The zero-order valence-electron chi connectivity index (χ0n) is 9.67. The highest BCUT2D eigenvalue weighted by Gasteiger charge is 2.18. The number of carboxylic acid groups (broad SMARTS) is 1. The summed E-state index contributed by atoms with van der Waals surface area (Å²) in [7, 11) is 0. The molecule has 8 heteroatoms. The summed E-state index contributed by atoms with van der Waals surface area (Å²) < 4.78 is 28.3. The molecule has 0 aliphatic rings. The molecule has 0 atom stereocenters. The molecule has 102 valence electrons. The fourth-order valence-corrected chi connectivity index (χ4v) is 1.48. The summed E-state index contributed by atoms with van der Waals surface area (Å²) in [4.78, 5) is 20.5. The summed E-state index contributed by atoms with van der Waals surface area (Å²) >= 11 is 0. The third-order valence-electron chi connectivity index (χ3n) is 2.12. The van der Waals surface area contributed by atoms with E-state index >= 15 is 0 Å². The van der Waals surface area contributed by atoms with Gasteiger partial charge in [-0.1, -0.05) is 0 Å². The Bertz CT molecular complexity index is 542. The van der Waals surface area contributed by atoms with Crippen molar-refractivity contribution in [1.82, 2.24) is 0 Å². The van der Waals surface area contributed by atoms with Crippen LogP contribution in [0.25, 0.3) is 6.08 Å². The smallest absolute Gasteiger partial charge is 0.387 e. The number of rotatable bonds is 5. The number of hydrogen-bond donors (Lipinski definition) is 1. The molecule has 0 bridgehead atoms. The van der Waals surface area contributed by atoms with E-state index in [1.807, 2.05) is 0 Å². The van der Waals surface area contributed by atoms with Crippen molar-refractivity contribution >= 4 is 17.7 Å². The minimum Gasteiger partial charge on any atom is -0.478 e. The van der Waals surface area contributed by atoms with Crippen molar-refractivity contribution in [1.29, 1.82) is 0 Å². The average molecular weight is 273 g/mol. The number of hydrogen-bond acceptors (Lipinski definition) is 4. The molecule has 0 unspecified atom stereocenters. The van der Waals surface area contributed by atoms with Gasteiger partial charge in [0.2, 0.25) is 0 Å². The lowest BCUT2D eigenvalue weighted by molar-refractivity contribution is -0.385. The second-order valence-corrected chi connectivity index (χ2v) is 3.49. The van der Waals surface area contributed by atoms with Crippen LogP contribution in [-0.2, 0) is 4.79 Å². The molecule has 0 spiro atoms. The molecule has 6 nitrogen and oxygen atoms in total. The van der Waals surface area contributed by atoms with Crippen molar-refractivity contribution in [3.05, 3.63) is 39.4 Å². The Morgan fingerprint density at radius 1 is 1.53 bits per heavy atom. The molecular weight excluding hydrogens is 264 g/mol. The predicted octanol–water partition coefficient (Wildman–Crippen LogP) is 2.60.